The predicted octanol–water partition coefficient (Wildman–Crippen LogP) is 1.46. The molecule has 8 heteroatoms. The maximum atomic E-state index is 11.8. The molecule has 1 aliphatic rings. The predicted molar refractivity (Wildman–Crippen MR) is 104 cm³/mol. The first-order valence-corrected chi connectivity index (χ1v) is 10.5. The lowest BCUT2D eigenvalue weighted by Gasteiger charge is -2.22. The monoisotopic (exact) mass is 382 g/mol. The zero-order chi connectivity index (χ0) is 17.8. The highest BCUT2D eigenvalue weighted by Crippen LogP contribution is 2.06. The van der Waals surface area contributed by atoms with E-state index >= 15 is 0 Å². The minimum Gasteiger partial charge on any atom is -0.302 e. The summed E-state index contributed by atoms with van der Waals surface area (Å²) in [5.41, 5.74) is 2.12. The average Bonchev–Trinajstić information content (AvgIpc) is 2.98. The van der Waals surface area contributed by atoms with Crippen molar-refractivity contribution in [2.45, 2.75) is 33.4 Å². The molecule has 3 heterocycles. The molecule has 6 nitrogen and oxygen atoms in total. The lowest BCUT2D eigenvalue weighted by atomic mass is 10.3. The Morgan fingerprint density at radius 3 is 1.56 bits per heavy atom. The van der Waals surface area contributed by atoms with Gasteiger partial charge in [0.15, 0.2) is 0 Å². The van der Waals surface area contributed by atoms with Crippen LogP contribution in [0.1, 0.15) is 17.8 Å². The number of aromatic nitrogens is 2. The van der Waals surface area contributed by atoms with Gasteiger partial charge in [-0.05, 0) is 33.4 Å². The number of thiazole rings is 2. The lowest BCUT2D eigenvalue weighted by Crippen LogP contribution is -2.35. The summed E-state index contributed by atoms with van der Waals surface area (Å²) >= 11 is 2.57. The van der Waals surface area contributed by atoms with E-state index < -0.39 is 0 Å². The number of hydrogen-bond donors (Lipinski definition) is 0. The highest BCUT2D eigenvalue weighted by atomic mass is 32.1. The smallest absolute Gasteiger partial charge is 0.302 e. The van der Waals surface area contributed by atoms with Crippen molar-refractivity contribution < 1.29 is 0 Å². The first-order valence-electron chi connectivity index (χ1n) is 8.79. The Bertz CT molecular complexity index is 738. The largest absolute Gasteiger partial charge is 0.307 e. The van der Waals surface area contributed by atoms with E-state index in [2.05, 4.69) is 9.80 Å². The van der Waals surface area contributed by atoms with E-state index in [-0.39, 0.29) is 9.75 Å². The molecule has 2 aromatic heterocycles. The summed E-state index contributed by atoms with van der Waals surface area (Å²) < 4.78 is 3.75. The van der Waals surface area contributed by atoms with Crippen molar-refractivity contribution >= 4 is 22.7 Å². The summed E-state index contributed by atoms with van der Waals surface area (Å²) in [6, 6.07) is 0. The van der Waals surface area contributed by atoms with Gasteiger partial charge in [0.05, 0.1) is 0 Å². The first kappa shape index (κ1) is 18.6. The Morgan fingerprint density at radius 2 is 1.20 bits per heavy atom. The van der Waals surface area contributed by atoms with Crippen LogP contribution in [0.3, 0.4) is 0 Å². The average molecular weight is 383 g/mol. The van der Waals surface area contributed by atoms with Gasteiger partial charge >= 0.3 is 9.75 Å². The van der Waals surface area contributed by atoms with E-state index in [4.69, 9.17) is 0 Å². The number of rotatable bonds is 6. The Labute approximate surface area is 155 Å². The van der Waals surface area contributed by atoms with Crippen molar-refractivity contribution in [2.24, 2.45) is 0 Å². The summed E-state index contributed by atoms with van der Waals surface area (Å²) in [6.45, 7) is 11.6. The van der Waals surface area contributed by atoms with Crippen LogP contribution in [0.15, 0.2) is 20.3 Å². The fourth-order valence-electron chi connectivity index (χ4n) is 3.30. The first-order chi connectivity index (χ1) is 12.0. The molecule has 0 spiro atoms. The van der Waals surface area contributed by atoms with Crippen molar-refractivity contribution in [3.8, 4) is 0 Å². The van der Waals surface area contributed by atoms with Gasteiger partial charge in [-0.3, -0.25) is 9.59 Å². The van der Waals surface area contributed by atoms with Gasteiger partial charge < -0.3 is 18.9 Å². The Kier molecular flexibility index (Phi) is 6.27. The minimum atomic E-state index is 0.144. The summed E-state index contributed by atoms with van der Waals surface area (Å²) in [7, 11) is 0. The summed E-state index contributed by atoms with van der Waals surface area (Å²) in [5, 5.41) is 3.86. The van der Waals surface area contributed by atoms with Crippen LogP contribution in [0.2, 0.25) is 0 Å². The topological polar surface area (TPSA) is 50.5 Å². The maximum Gasteiger partial charge on any atom is 0.307 e. The van der Waals surface area contributed by atoms with Crippen LogP contribution >= 0.6 is 22.7 Å². The van der Waals surface area contributed by atoms with E-state index in [1.807, 2.05) is 33.7 Å². The van der Waals surface area contributed by atoms with Crippen molar-refractivity contribution in [2.75, 3.05) is 39.3 Å². The summed E-state index contributed by atoms with van der Waals surface area (Å²) in [5.74, 6) is 0. The molecular formula is C17H26N4O2S2. The van der Waals surface area contributed by atoms with Gasteiger partial charge in [0.2, 0.25) is 0 Å². The van der Waals surface area contributed by atoms with E-state index in [0.717, 1.165) is 70.2 Å². The molecule has 0 atom stereocenters. The molecule has 1 aliphatic heterocycles. The molecule has 0 saturated carbocycles. The van der Waals surface area contributed by atoms with Gasteiger partial charge in [-0.1, -0.05) is 22.7 Å². The zero-order valence-electron chi connectivity index (χ0n) is 14.9. The minimum absolute atomic E-state index is 0.144. The Balaban J connectivity index is 1.47. The van der Waals surface area contributed by atoms with Crippen molar-refractivity contribution in [1.82, 2.24) is 18.9 Å². The highest BCUT2D eigenvalue weighted by molar-refractivity contribution is 7.07. The molecule has 0 aromatic carbocycles. The molecule has 0 amide bonds. The third-order valence-corrected chi connectivity index (χ3v) is 6.68. The number of nitrogens with zero attached hydrogens (tertiary/aromatic N) is 4. The third-order valence-electron chi connectivity index (χ3n) is 4.91. The van der Waals surface area contributed by atoms with Gasteiger partial charge in [0, 0.05) is 61.4 Å². The van der Waals surface area contributed by atoms with Crippen LogP contribution in [0, 0.1) is 13.8 Å². The highest BCUT2D eigenvalue weighted by Gasteiger charge is 2.15. The zero-order valence-corrected chi connectivity index (χ0v) is 16.6. The van der Waals surface area contributed by atoms with Crippen LogP contribution in [-0.2, 0) is 13.1 Å². The van der Waals surface area contributed by atoms with Gasteiger partial charge in [0.1, 0.15) is 0 Å². The lowest BCUT2D eigenvalue weighted by molar-refractivity contribution is 0.244. The summed E-state index contributed by atoms with van der Waals surface area (Å²) in [6.07, 6.45) is 1.13. The molecule has 138 valence electrons. The normalized spacial score (nSPS) is 17.0. The molecule has 0 N–H and O–H groups in total. The Hall–Kier alpha value is -1.22. The maximum absolute atomic E-state index is 11.8. The third kappa shape index (κ3) is 4.69. The molecule has 0 radical (unpaired) electrons. The second-order valence-corrected chi connectivity index (χ2v) is 8.27. The van der Waals surface area contributed by atoms with E-state index in [1.54, 1.807) is 0 Å². The van der Waals surface area contributed by atoms with Crippen LogP contribution in [0.25, 0.3) is 0 Å². The van der Waals surface area contributed by atoms with Crippen molar-refractivity contribution in [3.05, 3.63) is 41.5 Å². The van der Waals surface area contributed by atoms with Gasteiger partial charge in [-0.25, -0.2) is 0 Å². The quantitative estimate of drug-likeness (QED) is 0.759. The van der Waals surface area contributed by atoms with E-state index in [9.17, 15) is 9.59 Å². The Morgan fingerprint density at radius 1 is 0.760 bits per heavy atom. The van der Waals surface area contributed by atoms with E-state index in [0.29, 0.717) is 0 Å². The van der Waals surface area contributed by atoms with Crippen LogP contribution < -0.4 is 9.75 Å². The molecule has 1 saturated heterocycles. The standard InChI is InChI=1S/C17H26N4O2S2/c1-14-12-24-16(22)20(14)10-8-18-4-3-5-19(7-6-18)9-11-21-15(2)13-25-17(21)23/h12-13H,3-11H2,1-2H3. The second-order valence-electron chi connectivity index (χ2n) is 6.63. The van der Waals surface area contributed by atoms with Gasteiger partial charge in [0.25, 0.3) is 0 Å². The molecule has 0 unspecified atom stereocenters. The van der Waals surface area contributed by atoms with Gasteiger partial charge in [-0.15, -0.1) is 0 Å². The molecular weight excluding hydrogens is 356 g/mol. The summed E-state index contributed by atoms with van der Waals surface area (Å²) in [4.78, 5) is 28.8. The van der Waals surface area contributed by atoms with Crippen LogP contribution in [0.5, 0.6) is 0 Å². The second kappa shape index (κ2) is 8.44. The fourth-order valence-corrected chi connectivity index (χ4v) is 4.83. The molecule has 25 heavy (non-hydrogen) atoms. The molecule has 2 aromatic rings. The van der Waals surface area contributed by atoms with Gasteiger partial charge in [-0.2, -0.15) is 0 Å². The van der Waals surface area contributed by atoms with Crippen LogP contribution in [-0.4, -0.2) is 58.2 Å². The molecule has 1 fully saturated rings. The number of aryl methyl sites for hydroxylation is 2. The van der Waals surface area contributed by atoms with Crippen molar-refractivity contribution in [3.63, 3.8) is 0 Å². The molecule has 0 bridgehead atoms. The molecule has 3 rings (SSSR count). The van der Waals surface area contributed by atoms with Crippen molar-refractivity contribution in [1.29, 1.82) is 0 Å². The number of hydrogen-bond acceptors (Lipinski definition) is 6. The van der Waals surface area contributed by atoms with Crippen LogP contribution in [0.4, 0.5) is 0 Å². The fraction of sp³-hybridized carbons (Fsp3) is 0.647. The van der Waals surface area contributed by atoms with E-state index in [1.165, 1.54) is 22.7 Å². The molecule has 0 aliphatic carbocycles. The SMILES string of the molecule is Cc1csc(=O)n1CCN1CCCN(CCn2c(C)csc2=O)CC1.